The molecule has 0 unspecified atom stereocenters. The molecule has 8 heteroatoms. The van der Waals surface area contributed by atoms with E-state index in [0.717, 1.165) is 5.56 Å². The summed E-state index contributed by atoms with van der Waals surface area (Å²) in [4.78, 5) is 23.4. The molecule has 0 atom stereocenters. The van der Waals surface area contributed by atoms with Gasteiger partial charge in [0.25, 0.3) is 5.91 Å². The highest BCUT2D eigenvalue weighted by Crippen LogP contribution is 2.32. The summed E-state index contributed by atoms with van der Waals surface area (Å²) in [5, 5.41) is 15.1. The van der Waals surface area contributed by atoms with Gasteiger partial charge in [0.15, 0.2) is 5.11 Å². The summed E-state index contributed by atoms with van der Waals surface area (Å²) in [5.41, 5.74) is 2.69. The summed E-state index contributed by atoms with van der Waals surface area (Å²) >= 11 is 11.5. The molecule has 0 aliphatic heterocycles. The summed E-state index contributed by atoms with van der Waals surface area (Å²) < 4.78 is 5.31. The molecule has 0 radical (unpaired) electrons. The molecule has 30 heavy (non-hydrogen) atoms. The fraction of sp³-hybridized carbons (Fsp3) is 0.136. The van der Waals surface area contributed by atoms with Crippen LogP contribution in [0.25, 0.3) is 11.3 Å². The SMILES string of the molecule is CC(C)c1ccc(C(=O)NC(=S)Nc2ccc(Cl)c(-c3ccc(C(=O)O)o3)c2)cc1. The van der Waals surface area contributed by atoms with E-state index in [9.17, 15) is 9.59 Å². The van der Waals surface area contributed by atoms with Crippen LogP contribution in [-0.2, 0) is 0 Å². The molecule has 0 spiro atoms. The molecule has 3 N–H and O–H groups in total. The van der Waals surface area contributed by atoms with Gasteiger partial charge in [0, 0.05) is 16.8 Å². The maximum Gasteiger partial charge on any atom is 0.371 e. The number of amides is 1. The number of hydrogen-bond donors (Lipinski definition) is 3. The fourth-order valence-electron chi connectivity index (χ4n) is 2.75. The number of aromatic carboxylic acids is 1. The molecule has 0 fully saturated rings. The Bertz CT molecular complexity index is 1110. The summed E-state index contributed by atoms with van der Waals surface area (Å²) in [6.07, 6.45) is 0. The molecule has 154 valence electrons. The number of benzene rings is 2. The van der Waals surface area contributed by atoms with Crippen LogP contribution in [0, 0.1) is 0 Å². The van der Waals surface area contributed by atoms with Crippen LogP contribution in [0.15, 0.2) is 59.0 Å². The second-order valence-electron chi connectivity index (χ2n) is 6.85. The second-order valence-corrected chi connectivity index (χ2v) is 7.66. The minimum Gasteiger partial charge on any atom is -0.475 e. The van der Waals surface area contributed by atoms with Crippen LogP contribution in [0.5, 0.6) is 0 Å². The summed E-state index contributed by atoms with van der Waals surface area (Å²) in [6.45, 7) is 4.17. The van der Waals surface area contributed by atoms with Crippen LogP contribution >= 0.6 is 23.8 Å². The minimum atomic E-state index is -1.17. The zero-order chi connectivity index (χ0) is 21.8. The topological polar surface area (TPSA) is 91.6 Å². The lowest BCUT2D eigenvalue weighted by Crippen LogP contribution is -2.34. The monoisotopic (exact) mass is 442 g/mol. The number of halogens is 1. The molecule has 1 heterocycles. The van der Waals surface area contributed by atoms with Crippen molar-refractivity contribution < 1.29 is 19.1 Å². The highest BCUT2D eigenvalue weighted by Gasteiger charge is 2.14. The average Bonchev–Trinajstić information content (AvgIpc) is 3.19. The molecule has 0 saturated heterocycles. The Morgan fingerprint density at radius 1 is 1.07 bits per heavy atom. The highest BCUT2D eigenvalue weighted by molar-refractivity contribution is 7.80. The number of hydrogen-bond acceptors (Lipinski definition) is 4. The molecular weight excluding hydrogens is 424 g/mol. The first-order valence-corrected chi connectivity index (χ1v) is 9.88. The van der Waals surface area contributed by atoms with Gasteiger partial charge in [-0.3, -0.25) is 10.1 Å². The highest BCUT2D eigenvalue weighted by atomic mass is 35.5. The van der Waals surface area contributed by atoms with Gasteiger partial charge in [-0.1, -0.05) is 37.6 Å². The summed E-state index contributed by atoms with van der Waals surface area (Å²) in [5.74, 6) is -0.997. The van der Waals surface area contributed by atoms with Crippen LogP contribution in [-0.4, -0.2) is 22.1 Å². The number of furan rings is 1. The lowest BCUT2D eigenvalue weighted by atomic mass is 10.0. The van der Waals surface area contributed by atoms with Crippen molar-refractivity contribution >= 4 is 46.5 Å². The molecule has 1 aromatic heterocycles. The molecular formula is C22H19ClN2O4S. The number of carboxylic acids is 1. The van der Waals surface area contributed by atoms with E-state index in [4.69, 9.17) is 33.3 Å². The fourth-order valence-corrected chi connectivity index (χ4v) is 3.17. The van der Waals surface area contributed by atoms with E-state index in [-0.39, 0.29) is 16.8 Å². The predicted octanol–water partition coefficient (Wildman–Crippen LogP) is 5.55. The predicted molar refractivity (Wildman–Crippen MR) is 120 cm³/mol. The first-order chi connectivity index (χ1) is 14.2. The van der Waals surface area contributed by atoms with Crippen molar-refractivity contribution in [3.05, 3.63) is 76.5 Å². The van der Waals surface area contributed by atoms with Crippen molar-refractivity contribution in [1.29, 1.82) is 0 Å². The van der Waals surface area contributed by atoms with Crippen LogP contribution in [0.2, 0.25) is 5.02 Å². The van der Waals surface area contributed by atoms with Gasteiger partial charge in [0.1, 0.15) is 5.76 Å². The number of carbonyl (C=O) groups is 2. The van der Waals surface area contributed by atoms with Gasteiger partial charge in [0.05, 0.1) is 5.02 Å². The second kappa shape index (κ2) is 9.11. The third-order valence-corrected chi connectivity index (χ3v) is 4.91. The lowest BCUT2D eigenvalue weighted by Gasteiger charge is -2.12. The third kappa shape index (κ3) is 5.06. The van der Waals surface area contributed by atoms with Gasteiger partial charge in [-0.15, -0.1) is 0 Å². The Kier molecular flexibility index (Phi) is 6.54. The van der Waals surface area contributed by atoms with Gasteiger partial charge in [-0.2, -0.15) is 0 Å². The van der Waals surface area contributed by atoms with Crippen LogP contribution in [0.1, 0.15) is 46.2 Å². The van der Waals surface area contributed by atoms with Crippen molar-refractivity contribution in [2.45, 2.75) is 19.8 Å². The number of thiocarbonyl (C=S) groups is 1. The van der Waals surface area contributed by atoms with Crippen LogP contribution < -0.4 is 10.6 Å². The molecule has 1 amide bonds. The maximum absolute atomic E-state index is 12.4. The smallest absolute Gasteiger partial charge is 0.371 e. The number of carboxylic acid groups (broad SMARTS) is 1. The third-order valence-electron chi connectivity index (χ3n) is 4.37. The number of anilines is 1. The Balaban J connectivity index is 1.70. The van der Waals surface area contributed by atoms with E-state index in [1.807, 2.05) is 12.1 Å². The zero-order valence-electron chi connectivity index (χ0n) is 16.2. The van der Waals surface area contributed by atoms with E-state index < -0.39 is 5.97 Å². The largest absolute Gasteiger partial charge is 0.475 e. The van der Waals surface area contributed by atoms with E-state index in [1.165, 1.54) is 12.1 Å². The normalized spacial score (nSPS) is 10.7. The molecule has 0 aliphatic rings. The van der Waals surface area contributed by atoms with Crippen molar-refractivity contribution in [1.82, 2.24) is 5.32 Å². The first kappa shape index (κ1) is 21.5. The van der Waals surface area contributed by atoms with Gasteiger partial charge in [-0.25, -0.2) is 4.79 Å². The van der Waals surface area contributed by atoms with Gasteiger partial charge < -0.3 is 14.8 Å². The van der Waals surface area contributed by atoms with Gasteiger partial charge >= 0.3 is 5.97 Å². The van der Waals surface area contributed by atoms with Crippen molar-refractivity contribution in [3.63, 3.8) is 0 Å². The maximum atomic E-state index is 12.4. The lowest BCUT2D eigenvalue weighted by molar-refractivity contribution is 0.0663. The van der Waals surface area contributed by atoms with Gasteiger partial charge in [-0.05, 0) is 66.2 Å². The van der Waals surface area contributed by atoms with E-state index in [1.54, 1.807) is 30.3 Å². The number of rotatable bonds is 5. The zero-order valence-corrected chi connectivity index (χ0v) is 17.8. The molecule has 6 nitrogen and oxygen atoms in total. The Morgan fingerprint density at radius 3 is 2.37 bits per heavy atom. The Hall–Kier alpha value is -3.16. The molecule has 3 rings (SSSR count). The van der Waals surface area contributed by atoms with Crippen molar-refractivity contribution in [2.24, 2.45) is 0 Å². The summed E-state index contributed by atoms with van der Waals surface area (Å²) in [7, 11) is 0. The van der Waals surface area contributed by atoms with Crippen LogP contribution in [0.4, 0.5) is 5.69 Å². The van der Waals surface area contributed by atoms with E-state index in [2.05, 4.69) is 24.5 Å². The first-order valence-electron chi connectivity index (χ1n) is 9.10. The average molecular weight is 443 g/mol. The minimum absolute atomic E-state index is 0.117. The summed E-state index contributed by atoms with van der Waals surface area (Å²) in [6, 6.07) is 15.2. The molecule has 0 aliphatic carbocycles. The Morgan fingerprint density at radius 2 is 1.77 bits per heavy atom. The van der Waals surface area contributed by atoms with E-state index >= 15 is 0 Å². The standard InChI is InChI=1S/C22H19ClN2O4S/c1-12(2)13-3-5-14(6-4-13)20(26)25-22(30)24-15-7-8-17(23)16(11-15)18-9-10-19(29-18)21(27)28/h3-12H,1-2H3,(H,27,28)(H2,24,25,26,30). The molecule has 0 saturated carbocycles. The number of nitrogens with one attached hydrogen (secondary N) is 2. The van der Waals surface area contributed by atoms with E-state index in [0.29, 0.717) is 33.5 Å². The van der Waals surface area contributed by atoms with Crippen molar-refractivity contribution in [3.8, 4) is 11.3 Å². The van der Waals surface area contributed by atoms with Crippen LogP contribution in [0.3, 0.4) is 0 Å². The number of carbonyl (C=O) groups excluding carboxylic acids is 1. The quantitative estimate of drug-likeness (QED) is 0.449. The molecule has 3 aromatic rings. The van der Waals surface area contributed by atoms with Gasteiger partial charge in [0.2, 0.25) is 5.76 Å². The van der Waals surface area contributed by atoms with Crippen molar-refractivity contribution in [2.75, 3.05) is 5.32 Å². The Labute approximate surface area is 183 Å². The molecule has 0 bridgehead atoms. The molecule has 2 aromatic carbocycles.